The number of hydrogen-bond acceptors (Lipinski definition) is 7. The van der Waals surface area contributed by atoms with Crippen LogP contribution in [0, 0.1) is 23.7 Å². The van der Waals surface area contributed by atoms with Gasteiger partial charge in [-0.25, -0.2) is 17.7 Å². The molecular weight excluding hydrogens is 643 g/mol. The van der Waals surface area contributed by atoms with E-state index in [1.807, 2.05) is 25.7 Å². The number of aliphatic hydroxyl groups is 1. The Morgan fingerprint density at radius 2 is 1.33 bits per heavy atom. The van der Waals surface area contributed by atoms with Crippen molar-refractivity contribution in [1.82, 2.24) is 25.0 Å². The van der Waals surface area contributed by atoms with Crippen molar-refractivity contribution >= 4 is 27.7 Å². The molecule has 3 rings (SSSR count). The number of hydrazine groups is 1. The Morgan fingerprint density at radius 3 is 1.88 bits per heavy atom. The summed E-state index contributed by atoms with van der Waals surface area (Å²) in [4.78, 5) is 42.8. The second-order valence-electron chi connectivity index (χ2n) is 15.5. The summed E-state index contributed by atoms with van der Waals surface area (Å²) < 4.78 is 28.0. The molecule has 0 aromatic heterocycles. The molecule has 5 unspecified atom stereocenters. The van der Waals surface area contributed by atoms with E-state index in [4.69, 9.17) is 0 Å². The van der Waals surface area contributed by atoms with Gasteiger partial charge in [-0.05, 0) is 69.6 Å². The van der Waals surface area contributed by atoms with Gasteiger partial charge in [-0.15, -0.1) is 0 Å². The van der Waals surface area contributed by atoms with Crippen molar-refractivity contribution in [2.45, 2.75) is 154 Å². The molecule has 12 heteroatoms. The minimum absolute atomic E-state index is 0.0216. The summed E-state index contributed by atoms with van der Waals surface area (Å²) in [6.07, 6.45) is 14.5. The zero-order valence-corrected chi connectivity index (χ0v) is 32.2. The third-order valence-electron chi connectivity index (χ3n) is 11.1. The topological polar surface area (TPSA) is 139 Å². The molecule has 3 aliphatic carbocycles. The lowest BCUT2D eigenvalue weighted by Crippen LogP contribution is -2.55. The number of rotatable bonds is 19. The van der Waals surface area contributed by atoms with Crippen LogP contribution in [0.3, 0.4) is 0 Å². The maximum absolute atomic E-state index is 14.2. The van der Waals surface area contributed by atoms with Gasteiger partial charge < -0.3 is 15.3 Å². The fraction of sp³-hybridized carbons (Fsp3) is 0.919. The third kappa shape index (κ3) is 13.1. The maximum atomic E-state index is 14.2. The van der Waals surface area contributed by atoms with Crippen LogP contribution in [0.5, 0.6) is 0 Å². The molecule has 49 heavy (non-hydrogen) atoms. The van der Waals surface area contributed by atoms with Crippen molar-refractivity contribution in [3.63, 3.8) is 0 Å². The van der Waals surface area contributed by atoms with Crippen LogP contribution in [-0.2, 0) is 24.4 Å². The third-order valence-corrected chi connectivity index (χ3v) is 13.3. The van der Waals surface area contributed by atoms with E-state index < -0.39 is 39.3 Å². The van der Waals surface area contributed by atoms with Crippen LogP contribution in [0.2, 0.25) is 0 Å². The number of aliphatic hydroxyl groups excluding tert-OH is 1. The minimum Gasteiger partial charge on any atom is -0.390 e. The highest BCUT2D eigenvalue weighted by Crippen LogP contribution is 2.36. The first-order chi connectivity index (χ1) is 23.4. The zero-order chi connectivity index (χ0) is 36.0. The summed E-state index contributed by atoms with van der Waals surface area (Å²) >= 11 is 0. The Hall–Kier alpha value is -1.76. The molecule has 3 aliphatic rings. The minimum atomic E-state index is -3.71. The molecule has 11 nitrogen and oxygen atoms in total. The van der Waals surface area contributed by atoms with Gasteiger partial charge >= 0.3 is 0 Å². The predicted molar refractivity (Wildman–Crippen MR) is 195 cm³/mol. The molecule has 5 atom stereocenters. The van der Waals surface area contributed by atoms with Gasteiger partial charge in [0.1, 0.15) is 0 Å². The number of nitrogens with one attached hydrogen (secondary N) is 2. The molecule has 0 aromatic carbocycles. The van der Waals surface area contributed by atoms with Gasteiger partial charge in [0, 0.05) is 58.5 Å². The van der Waals surface area contributed by atoms with Gasteiger partial charge in [0.25, 0.3) is 0 Å². The smallest absolute Gasteiger partial charge is 0.234 e. The second-order valence-corrected chi connectivity index (χ2v) is 17.9. The van der Waals surface area contributed by atoms with Crippen LogP contribution in [-0.4, -0.2) is 103 Å². The van der Waals surface area contributed by atoms with E-state index in [0.29, 0.717) is 50.7 Å². The quantitative estimate of drug-likeness (QED) is 0.163. The zero-order valence-electron chi connectivity index (χ0n) is 31.3. The number of sulfonamides is 1. The predicted octanol–water partition coefficient (Wildman–Crippen LogP) is 4.84. The molecule has 3 amide bonds. The van der Waals surface area contributed by atoms with E-state index >= 15 is 0 Å². The van der Waals surface area contributed by atoms with Crippen molar-refractivity contribution in [2.24, 2.45) is 23.7 Å². The second kappa shape index (κ2) is 20.9. The van der Waals surface area contributed by atoms with Gasteiger partial charge in [-0.3, -0.25) is 19.8 Å². The normalized spacial score (nSPS) is 24.0. The Morgan fingerprint density at radius 1 is 0.776 bits per heavy atom. The fourth-order valence-electron chi connectivity index (χ4n) is 8.44. The van der Waals surface area contributed by atoms with Gasteiger partial charge in [0.15, 0.2) is 0 Å². The highest BCUT2D eigenvalue weighted by atomic mass is 32.2. The van der Waals surface area contributed by atoms with Gasteiger partial charge in [0.2, 0.25) is 27.7 Å². The van der Waals surface area contributed by atoms with Crippen LogP contribution >= 0.6 is 0 Å². The molecule has 0 aromatic rings. The summed E-state index contributed by atoms with van der Waals surface area (Å²) in [6, 6.07) is -0.554. The largest absolute Gasteiger partial charge is 0.390 e. The standard InChI is InChI=1S/C37H69N5O6S/c1-6-19-41(20-7-2)37(46)31-24-30(25-32(26-31)49(47,48)40(4)5)36(45)38-33(22-28-15-11-9-12-16-28)34(43)27-42(21-8-3)39-35(44)23-29-17-13-10-14-18-29/h28-34,43H,6-27H2,1-5H3,(H,38,45)(H,39,44). The lowest BCUT2D eigenvalue weighted by Gasteiger charge is -2.38. The van der Waals surface area contributed by atoms with E-state index in [9.17, 15) is 27.9 Å². The molecular formula is C37H69N5O6S. The molecule has 0 radical (unpaired) electrons. The van der Waals surface area contributed by atoms with E-state index in [0.717, 1.165) is 57.8 Å². The molecule has 0 spiro atoms. The average molecular weight is 712 g/mol. The SMILES string of the molecule is CCCN(CC(O)C(CC1CCCCC1)NC(=O)C1CC(C(=O)N(CCC)CCC)CC(S(=O)(=O)N(C)C)C1)NC(=O)CC1CCCCC1. The number of carbonyl (C=O) groups excluding carboxylic acids is 3. The molecule has 0 heterocycles. The lowest BCUT2D eigenvalue weighted by molar-refractivity contribution is -0.138. The summed E-state index contributed by atoms with van der Waals surface area (Å²) in [5.41, 5.74) is 3.06. The van der Waals surface area contributed by atoms with E-state index in [-0.39, 0.29) is 37.1 Å². The van der Waals surface area contributed by atoms with Crippen LogP contribution < -0.4 is 10.7 Å². The monoisotopic (exact) mass is 711 g/mol. The van der Waals surface area contributed by atoms with Crippen molar-refractivity contribution in [1.29, 1.82) is 0 Å². The van der Waals surface area contributed by atoms with Crippen molar-refractivity contribution in [2.75, 3.05) is 40.3 Å². The summed E-state index contributed by atoms with van der Waals surface area (Å²) in [5, 5.41) is 15.9. The number of amides is 3. The van der Waals surface area contributed by atoms with E-state index in [1.54, 1.807) is 5.01 Å². The van der Waals surface area contributed by atoms with Gasteiger partial charge in [-0.2, -0.15) is 0 Å². The summed E-state index contributed by atoms with van der Waals surface area (Å²) in [5.74, 6) is -0.850. The van der Waals surface area contributed by atoms with Gasteiger partial charge in [0.05, 0.1) is 17.4 Å². The van der Waals surface area contributed by atoms with Crippen molar-refractivity contribution in [3.05, 3.63) is 0 Å². The molecule has 0 saturated heterocycles. The number of carbonyl (C=O) groups is 3. The fourth-order valence-corrected chi connectivity index (χ4v) is 9.99. The molecule has 3 fully saturated rings. The molecule has 284 valence electrons. The van der Waals surface area contributed by atoms with Crippen LogP contribution in [0.15, 0.2) is 0 Å². The first-order valence-corrected chi connectivity index (χ1v) is 21.1. The summed E-state index contributed by atoms with van der Waals surface area (Å²) in [6.45, 7) is 8.06. The highest BCUT2D eigenvalue weighted by molar-refractivity contribution is 7.89. The van der Waals surface area contributed by atoms with E-state index in [2.05, 4.69) is 10.7 Å². The Labute approximate surface area is 297 Å². The molecule has 0 aliphatic heterocycles. The highest BCUT2D eigenvalue weighted by Gasteiger charge is 2.44. The Balaban J connectivity index is 1.79. The Kier molecular flexibility index (Phi) is 17.8. The number of hydrogen-bond donors (Lipinski definition) is 3. The van der Waals surface area contributed by atoms with Gasteiger partial charge in [-0.1, -0.05) is 72.1 Å². The first kappa shape index (κ1) is 41.7. The average Bonchev–Trinajstić information content (AvgIpc) is 3.08. The molecule has 3 N–H and O–H groups in total. The van der Waals surface area contributed by atoms with Crippen molar-refractivity contribution in [3.8, 4) is 0 Å². The van der Waals surface area contributed by atoms with Crippen LogP contribution in [0.25, 0.3) is 0 Å². The number of nitrogens with zero attached hydrogens (tertiary/aromatic N) is 3. The van der Waals surface area contributed by atoms with Crippen LogP contribution in [0.1, 0.15) is 136 Å². The maximum Gasteiger partial charge on any atom is 0.234 e. The summed E-state index contributed by atoms with van der Waals surface area (Å²) in [7, 11) is -0.703. The molecule has 3 saturated carbocycles. The molecule has 0 bridgehead atoms. The van der Waals surface area contributed by atoms with Crippen LogP contribution in [0.4, 0.5) is 0 Å². The Bertz CT molecular complexity index is 1120. The van der Waals surface area contributed by atoms with Crippen molar-refractivity contribution < 1.29 is 27.9 Å². The van der Waals surface area contributed by atoms with E-state index in [1.165, 1.54) is 44.1 Å². The first-order valence-electron chi connectivity index (χ1n) is 19.6. The lowest BCUT2D eigenvalue weighted by atomic mass is 9.79.